The summed E-state index contributed by atoms with van der Waals surface area (Å²) in [7, 11) is 0. The van der Waals surface area contributed by atoms with E-state index in [1.54, 1.807) is 0 Å². The van der Waals surface area contributed by atoms with Crippen molar-refractivity contribution >= 4 is 18.0 Å². The van der Waals surface area contributed by atoms with Crippen LogP contribution in [0.3, 0.4) is 0 Å². The van der Waals surface area contributed by atoms with E-state index in [9.17, 15) is 14.4 Å². The summed E-state index contributed by atoms with van der Waals surface area (Å²) in [5.74, 6) is 9.48. The van der Waals surface area contributed by atoms with E-state index in [2.05, 4.69) is 0 Å². The van der Waals surface area contributed by atoms with Crippen molar-refractivity contribution in [1.29, 1.82) is 0 Å². The third kappa shape index (κ3) is 5.86. The first-order chi connectivity index (χ1) is 8.25. The summed E-state index contributed by atoms with van der Waals surface area (Å²) >= 11 is 0. The SMILES string of the molecule is NC(=O)N(N)CCC[C@@H](CC(=O)O)N(N)C(N)=O. The number of rotatable bonds is 7. The monoisotopic (exact) mass is 262 g/mol. The number of hydrazine groups is 2. The smallest absolute Gasteiger partial charge is 0.329 e. The number of nitrogens with two attached hydrogens (primary N) is 4. The molecule has 0 rings (SSSR count). The number of carboxylic acid groups (broad SMARTS) is 1. The number of aliphatic carboxylic acids is 1. The fraction of sp³-hybridized carbons (Fsp3) is 0.625. The van der Waals surface area contributed by atoms with Gasteiger partial charge < -0.3 is 16.6 Å². The maximum absolute atomic E-state index is 10.8. The van der Waals surface area contributed by atoms with E-state index >= 15 is 0 Å². The Morgan fingerprint density at radius 1 is 1.11 bits per heavy atom. The Balaban J connectivity index is 4.29. The molecule has 4 amide bonds. The third-order valence-corrected chi connectivity index (χ3v) is 2.28. The normalized spacial score (nSPS) is 11.7. The highest BCUT2D eigenvalue weighted by Gasteiger charge is 2.21. The van der Waals surface area contributed by atoms with E-state index < -0.39 is 24.1 Å². The van der Waals surface area contributed by atoms with E-state index in [1.165, 1.54) is 0 Å². The Labute approximate surface area is 103 Å². The fourth-order valence-corrected chi connectivity index (χ4v) is 1.33. The first-order valence-corrected chi connectivity index (χ1v) is 5.12. The fourth-order valence-electron chi connectivity index (χ4n) is 1.33. The number of hydrogen-bond acceptors (Lipinski definition) is 5. The lowest BCUT2D eigenvalue weighted by Gasteiger charge is -2.25. The average molecular weight is 262 g/mol. The minimum absolute atomic E-state index is 0.123. The summed E-state index contributed by atoms with van der Waals surface area (Å²) in [4.78, 5) is 32.1. The second-order valence-electron chi connectivity index (χ2n) is 3.67. The minimum atomic E-state index is -1.11. The highest BCUT2D eigenvalue weighted by molar-refractivity contribution is 5.73. The molecule has 0 unspecified atom stereocenters. The number of hydrogen-bond donors (Lipinski definition) is 5. The lowest BCUT2D eigenvalue weighted by molar-refractivity contribution is -0.138. The second kappa shape index (κ2) is 7.29. The van der Waals surface area contributed by atoms with Gasteiger partial charge in [0.05, 0.1) is 12.5 Å². The molecule has 104 valence electrons. The van der Waals surface area contributed by atoms with Crippen molar-refractivity contribution < 1.29 is 19.5 Å². The van der Waals surface area contributed by atoms with Gasteiger partial charge in [-0.05, 0) is 12.8 Å². The van der Waals surface area contributed by atoms with Gasteiger partial charge in [-0.3, -0.25) is 14.8 Å². The molecular formula is C8H18N6O4. The Bertz CT molecular complexity index is 323. The number of amides is 4. The molecule has 0 aliphatic rings. The van der Waals surface area contributed by atoms with Crippen molar-refractivity contribution in [3.63, 3.8) is 0 Å². The molecule has 9 N–H and O–H groups in total. The highest BCUT2D eigenvalue weighted by Crippen LogP contribution is 2.08. The molecule has 10 nitrogen and oxygen atoms in total. The van der Waals surface area contributed by atoms with E-state index in [1.807, 2.05) is 0 Å². The van der Waals surface area contributed by atoms with Crippen LogP contribution in [-0.4, -0.2) is 45.7 Å². The molecular weight excluding hydrogens is 244 g/mol. The van der Waals surface area contributed by atoms with Crippen LogP contribution in [0.15, 0.2) is 0 Å². The summed E-state index contributed by atoms with van der Waals surface area (Å²) in [5.41, 5.74) is 9.85. The number of urea groups is 2. The Morgan fingerprint density at radius 3 is 2.06 bits per heavy atom. The lowest BCUT2D eigenvalue weighted by Crippen LogP contribution is -2.49. The molecule has 0 aromatic heterocycles. The first-order valence-electron chi connectivity index (χ1n) is 5.12. The van der Waals surface area contributed by atoms with Gasteiger partial charge in [-0.25, -0.2) is 21.3 Å². The number of primary amides is 2. The van der Waals surface area contributed by atoms with Gasteiger partial charge in [0, 0.05) is 6.54 Å². The summed E-state index contributed by atoms with van der Waals surface area (Å²) < 4.78 is 0. The average Bonchev–Trinajstić information content (AvgIpc) is 2.25. The number of carbonyl (C=O) groups excluding carboxylic acids is 2. The maximum Gasteiger partial charge on any atom is 0.329 e. The van der Waals surface area contributed by atoms with Crippen LogP contribution in [0.5, 0.6) is 0 Å². The molecule has 0 aromatic carbocycles. The van der Waals surface area contributed by atoms with Crippen molar-refractivity contribution in [2.24, 2.45) is 23.2 Å². The second-order valence-corrected chi connectivity index (χ2v) is 3.67. The van der Waals surface area contributed by atoms with Gasteiger partial charge in [0.25, 0.3) is 0 Å². The van der Waals surface area contributed by atoms with Gasteiger partial charge >= 0.3 is 18.0 Å². The Kier molecular flexibility index (Phi) is 6.45. The summed E-state index contributed by atoms with van der Waals surface area (Å²) in [5, 5.41) is 10.1. The minimum Gasteiger partial charge on any atom is -0.481 e. The van der Waals surface area contributed by atoms with Crippen LogP contribution in [0.1, 0.15) is 19.3 Å². The molecule has 0 aromatic rings. The van der Waals surface area contributed by atoms with Crippen molar-refractivity contribution in [2.45, 2.75) is 25.3 Å². The van der Waals surface area contributed by atoms with Gasteiger partial charge in [0.2, 0.25) is 0 Å². The predicted molar refractivity (Wildman–Crippen MR) is 61.4 cm³/mol. The molecule has 0 bridgehead atoms. The number of carboxylic acids is 1. The van der Waals surface area contributed by atoms with Crippen LogP contribution in [0.4, 0.5) is 9.59 Å². The number of nitrogens with zero attached hydrogens (tertiary/aromatic N) is 2. The standard InChI is InChI=1S/C8H18N6O4/c9-7(17)13(11)3-1-2-5(4-6(15)16)14(12)8(10)18/h5H,1-4,11-12H2,(H2,9,17)(H2,10,18)(H,15,16)/t5-/m0/s1. The molecule has 0 aliphatic heterocycles. The van der Waals surface area contributed by atoms with Crippen LogP contribution in [-0.2, 0) is 4.79 Å². The third-order valence-electron chi connectivity index (χ3n) is 2.28. The zero-order valence-corrected chi connectivity index (χ0v) is 9.78. The van der Waals surface area contributed by atoms with Gasteiger partial charge in [0.15, 0.2) is 0 Å². The van der Waals surface area contributed by atoms with Gasteiger partial charge in [0.1, 0.15) is 0 Å². The predicted octanol–water partition coefficient (Wildman–Crippen LogP) is -1.88. The van der Waals surface area contributed by atoms with E-state index in [0.29, 0.717) is 11.4 Å². The first kappa shape index (κ1) is 15.9. The van der Waals surface area contributed by atoms with Gasteiger partial charge in [-0.1, -0.05) is 0 Å². The topological polar surface area (TPSA) is 182 Å². The Morgan fingerprint density at radius 2 is 1.67 bits per heavy atom. The molecule has 0 saturated heterocycles. The van der Waals surface area contributed by atoms with Crippen LogP contribution in [0.2, 0.25) is 0 Å². The maximum atomic E-state index is 10.8. The zero-order valence-electron chi connectivity index (χ0n) is 9.78. The van der Waals surface area contributed by atoms with Crippen molar-refractivity contribution in [1.82, 2.24) is 10.0 Å². The zero-order chi connectivity index (χ0) is 14.3. The van der Waals surface area contributed by atoms with Gasteiger partial charge in [-0.2, -0.15) is 0 Å². The van der Waals surface area contributed by atoms with Crippen LogP contribution in [0.25, 0.3) is 0 Å². The summed E-state index contributed by atoms with van der Waals surface area (Å²) in [6.45, 7) is 0.123. The van der Waals surface area contributed by atoms with Crippen molar-refractivity contribution in [3.8, 4) is 0 Å². The molecule has 10 heteroatoms. The molecule has 1 atom stereocenters. The lowest BCUT2D eigenvalue weighted by atomic mass is 10.1. The summed E-state index contributed by atoms with van der Waals surface area (Å²) in [6, 6.07) is -2.49. The molecule has 18 heavy (non-hydrogen) atoms. The van der Waals surface area contributed by atoms with Crippen LogP contribution >= 0.6 is 0 Å². The summed E-state index contributed by atoms with van der Waals surface area (Å²) in [6.07, 6.45) is 0.214. The van der Waals surface area contributed by atoms with Crippen LogP contribution in [0, 0.1) is 0 Å². The van der Waals surface area contributed by atoms with Crippen LogP contribution < -0.4 is 23.2 Å². The van der Waals surface area contributed by atoms with Crippen molar-refractivity contribution in [2.75, 3.05) is 6.54 Å². The molecule has 0 aliphatic carbocycles. The molecule has 0 saturated carbocycles. The molecule has 0 heterocycles. The molecule has 0 spiro atoms. The molecule has 0 fully saturated rings. The van der Waals surface area contributed by atoms with E-state index in [-0.39, 0.29) is 19.4 Å². The van der Waals surface area contributed by atoms with E-state index in [0.717, 1.165) is 5.01 Å². The number of carbonyl (C=O) groups is 3. The van der Waals surface area contributed by atoms with Crippen molar-refractivity contribution in [3.05, 3.63) is 0 Å². The quantitative estimate of drug-likeness (QED) is 0.203. The largest absolute Gasteiger partial charge is 0.481 e. The molecule has 0 radical (unpaired) electrons. The highest BCUT2D eigenvalue weighted by atomic mass is 16.4. The van der Waals surface area contributed by atoms with Gasteiger partial charge in [-0.15, -0.1) is 0 Å². The van der Waals surface area contributed by atoms with E-state index in [4.69, 9.17) is 28.3 Å². The Hall–Kier alpha value is -2.07.